The van der Waals surface area contributed by atoms with E-state index in [-0.39, 0.29) is 0 Å². The highest BCUT2D eigenvalue weighted by Gasteiger charge is 2.33. The van der Waals surface area contributed by atoms with Crippen LogP contribution in [-0.2, 0) is 0 Å². The third kappa shape index (κ3) is 3.91. The molecule has 2 atom stereocenters. The average Bonchev–Trinajstić information content (AvgIpc) is 2.21. The molecule has 1 rings (SSSR count). The van der Waals surface area contributed by atoms with Gasteiger partial charge in [-0.2, -0.15) is 0 Å². The Bertz CT molecular complexity index is 201. The van der Waals surface area contributed by atoms with Gasteiger partial charge in [-0.25, -0.2) is 0 Å². The van der Waals surface area contributed by atoms with Crippen LogP contribution in [0.2, 0.25) is 0 Å². The van der Waals surface area contributed by atoms with Gasteiger partial charge in [0.1, 0.15) is 0 Å². The van der Waals surface area contributed by atoms with Crippen LogP contribution in [0.1, 0.15) is 33.6 Å². The van der Waals surface area contributed by atoms with Crippen LogP contribution < -0.4 is 5.32 Å². The lowest BCUT2D eigenvalue weighted by atomic mass is 9.78. The largest absolute Gasteiger partial charge is 0.316 e. The molecule has 2 nitrogen and oxygen atoms in total. The van der Waals surface area contributed by atoms with Gasteiger partial charge in [0.25, 0.3) is 0 Å². The SMILES string of the molecule is C=CCN(CC)C1CCC1CNCC(C)C. The number of rotatable bonds is 8. The van der Waals surface area contributed by atoms with Crippen molar-refractivity contribution in [3.05, 3.63) is 12.7 Å². The van der Waals surface area contributed by atoms with Gasteiger partial charge in [-0.05, 0) is 44.3 Å². The maximum absolute atomic E-state index is 3.84. The lowest BCUT2D eigenvalue weighted by Crippen LogP contribution is -2.50. The Balaban J connectivity index is 2.25. The fraction of sp³-hybridized carbons (Fsp3) is 0.857. The number of likely N-dealkylation sites (N-methyl/N-ethyl adjacent to an activating group) is 1. The highest BCUT2D eigenvalue weighted by molar-refractivity contribution is 4.91. The molecule has 1 aliphatic rings. The summed E-state index contributed by atoms with van der Waals surface area (Å²) < 4.78 is 0. The second kappa shape index (κ2) is 7.08. The van der Waals surface area contributed by atoms with Crippen molar-refractivity contribution in [1.29, 1.82) is 0 Å². The summed E-state index contributed by atoms with van der Waals surface area (Å²) >= 11 is 0. The van der Waals surface area contributed by atoms with Gasteiger partial charge < -0.3 is 5.32 Å². The summed E-state index contributed by atoms with van der Waals surface area (Å²) in [7, 11) is 0. The van der Waals surface area contributed by atoms with Crippen LogP contribution in [0.3, 0.4) is 0 Å². The van der Waals surface area contributed by atoms with Crippen molar-refractivity contribution in [3.8, 4) is 0 Å². The summed E-state index contributed by atoms with van der Waals surface area (Å²) in [5.74, 6) is 1.62. The van der Waals surface area contributed by atoms with Crippen LogP contribution in [0, 0.1) is 11.8 Å². The van der Waals surface area contributed by atoms with Gasteiger partial charge in [0.2, 0.25) is 0 Å². The fourth-order valence-electron chi connectivity index (χ4n) is 2.49. The molecule has 0 spiro atoms. The first kappa shape index (κ1) is 13.7. The molecule has 94 valence electrons. The summed E-state index contributed by atoms with van der Waals surface area (Å²) in [6.07, 6.45) is 4.79. The Morgan fingerprint density at radius 2 is 2.19 bits per heavy atom. The normalized spacial score (nSPS) is 24.8. The van der Waals surface area contributed by atoms with E-state index in [0.29, 0.717) is 0 Å². The monoisotopic (exact) mass is 224 g/mol. The summed E-state index contributed by atoms with van der Waals surface area (Å²) in [5, 5.41) is 3.59. The zero-order valence-electron chi connectivity index (χ0n) is 11.2. The second-order valence-corrected chi connectivity index (χ2v) is 5.33. The third-order valence-electron chi connectivity index (χ3n) is 3.58. The van der Waals surface area contributed by atoms with Gasteiger partial charge in [-0.15, -0.1) is 6.58 Å². The van der Waals surface area contributed by atoms with Crippen molar-refractivity contribution in [2.24, 2.45) is 11.8 Å². The first-order chi connectivity index (χ1) is 7.69. The first-order valence-electron chi connectivity index (χ1n) is 6.74. The van der Waals surface area contributed by atoms with Crippen molar-refractivity contribution in [3.63, 3.8) is 0 Å². The minimum atomic E-state index is 0.758. The van der Waals surface area contributed by atoms with E-state index in [1.807, 2.05) is 6.08 Å². The van der Waals surface area contributed by atoms with E-state index >= 15 is 0 Å². The number of nitrogens with zero attached hydrogens (tertiary/aromatic N) is 1. The van der Waals surface area contributed by atoms with E-state index in [0.717, 1.165) is 37.5 Å². The second-order valence-electron chi connectivity index (χ2n) is 5.33. The molecule has 1 aliphatic carbocycles. The molecule has 0 radical (unpaired) electrons. The van der Waals surface area contributed by atoms with Crippen LogP contribution in [0.15, 0.2) is 12.7 Å². The Morgan fingerprint density at radius 3 is 2.62 bits per heavy atom. The molecule has 1 fully saturated rings. The summed E-state index contributed by atoms with van der Waals surface area (Å²) in [4.78, 5) is 2.55. The zero-order chi connectivity index (χ0) is 12.0. The van der Waals surface area contributed by atoms with E-state index in [1.54, 1.807) is 0 Å². The number of hydrogen-bond acceptors (Lipinski definition) is 2. The van der Waals surface area contributed by atoms with E-state index in [9.17, 15) is 0 Å². The van der Waals surface area contributed by atoms with Gasteiger partial charge in [0, 0.05) is 12.6 Å². The predicted molar refractivity (Wildman–Crippen MR) is 71.7 cm³/mol. The van der Waals surface area contributed by atoms with Crippen LogP contribution in [0.25, 0.3) is 0 Å². The molecule has 0 bridgehead atoms. The maximum atomic E-state index is 3.84. The Labute approximate surface area is 101 Å². The maximum Gasteiger partial charge on any atom is 0.0163 e. The smallest absolute Gasteiger partial charge is 0.0163 e. The molecule has 0 aliphatic heterocycles. The van der Waals surface area contributed by atoms with Crippen LogP contribution in [0.4, 0.5) is 0 Å². The molecule has 16 heavy (non-hydrogen) atoms. The van der Waals surface area contributed by atoms with Crippen molar-refractivity contribution >= 4 is 0 Å². The van der Waals surface area contributed by atoms with E-state index in [1.165, 1.54) is 19.4 Å². The lowest BCUT2D eigenvalue weighted by molar-refractivity contribution is 0.0755. The molecule has 0 aromatic carbocycles. The van der Waals surface area contributed by atoms with E-state index in [2.05, 4.69) is 37.6 Å². The predicted octanol–water partition coefficient (Wildman–Crippen LogP) is 2.52. The zero-order valence-corrected chi connectivity index (χ0v) is 11.2. The van der Waals surface area contributed by atoms with Gasteiger partial charge in [0.05, 0.1) is 0 Å². The van der Waals surface area contributed by atoms with Crippen LogP contribution >= 0.6 is 0 Å². The molecule has 0 amide bonds. The standard InChI is InChI=1S/C14H28N2/c1-5-9-16(6-2)14-8-7-13(14)11-15-10-12(3)4/h5,12-15H,1,6-11H2,2-4H3. The van der Waals surface area contributed by atoms with Crippen LogP contribution in [-0.4, -0.2) is 37.1 Å². The molecule has 1 saturated carbocycles. The van der Waals surface area contributed by atoms with Crippen molar-refractivity contribution < 1.29 is 0 Å². The van der Waals surface area contributed by atoms with Crippen molar-refractivity contribution in [2.45, 2.75) is 39.7 Å². The number of hydrogen-bond donors (Lipinski definition) is 1. The molecule has 0 heterocycles. The van der Waals surface area contributed by atoms with Crippen LogP contribution in [0.5, 0.6) is 0 Å². The van der Waals surface area contributed by atoms with Gasteiger partial charge >= 0.3 is 0 Å². The van der Waals surface area contributed by atoms with Crippen molar-refractivity contribution in [2.75, 3.05) is 26.2 Å². The molecule has 0 aromatic rings. The Kier molecular flexibility index (Phi) is 6.07. The fourth-order valence-corrected chi connectivity index (χ4v) is 2.49. The molecular weight excluding hydrogens is 196 g/mol. The lowest BCUT2D eigenvalue weighted by Gasteiger charge is -2.44. The van der Waals surface area contributed by atoms with Gasteiger partial charge in [0.15, 0.2) is 0 Å². The molecule has 1 N–H and O–H groups in total. The minimum Gasteiger partial charge on any atom is -0.316 e. The molecule has 0 saturated heterocycles. The average molecular weight is 224 g/mol. The molecule has 0 aromatic heterocycles. The molecule has 2 unspecified atom stereocenters. The van der Waals surface area contributed by atoms with Crippen molar-refractivity contribution in [1.82, 2.24) is 10.2 Å². The highest BCUT2D eigenvalue weighted by Crippen LogP contribution is 2.31. The summed E-state index contributed by atoms with van der Waals surface area (Å²) in [6, 6.07) is 0.794. The van der Waals surface area contributed by atoms with E-state index < -0.39 is 0 Å². The topological polar surface area (TPSA) is 15.3 Å². The quantitative estimate of drug-likeness (QED) is 0.637. The number of nitrogens with one attached hydrogen (secondary N) is 1. The van der Waals surface area contributed by atoms with E-state index in [4.69, 9.17) is 0 Å². The Hall–Kier alpha value is -0.340. The molecular formula is C14H28N2. The third-order valence-corrected chi connectivity index (χ3v) is 3.58. The Morgan fingerprint density at radius 1 is 1.44 bits per heavy atom. The highest BCUT2D eigenvalue weighted by atomic mass is 15.2. The summed E-state index contributed by atoms with van der Waals surface area (Å²) in [6.45, 7) is 15.2. The van der Waals surface area contributed by atoms with Gasteiger partial charge in [-0.1, -0.05) is 26.8 Å². The minimum absolute atomic E-state index is 0.758. The first-order valence-corrected chi connectivity index (χ1v) is 6.74. The molecule has 2 heteroatoms. The summed E-state index contributed by atoms with van der Waals surface area (Å²) in [5.41, 5.74) is 0. The van der Waals surface area contributed by atoms with Gasteiger partial charge in [-0.3, -0.25) is 4.90 Å².